The van der Waals surface area contributed by atoms with E-state index in [1.54, 1.807) is 0 Å². The van der Waals surface area contributed by atoms with Gasteiger partial charge in [0, 0.05) is 0 Å². The number of aliphatic hydroxyl groups is 12. The summed E-state index contributed by atoms with van der Waals surface area (Å²) in [5.41, 5.74) is -0.538. The average Bonchev–Trinajstić information content (AvgIpc) is 3.36. The van der Waals surface area contributed by atoms with Gasteiger partial charge in [0.2, 0.25) is 6.29 Å². The largest absolute Gasteiger partial charge is 0.432 e. The number of carbonyl (C=O) groups is 1. The van der Waals surface area contributed by atoms with Gasteiger partial charge in [0.25, 0.3) is 0 Å². The number of aliphatic hydroxyl groups excluding tert-OH is 12. The number of rotatable bonds is 10. The van der Waals surface area contributed by atoms with Gasteiger partial charge in [0.05, 0.1) is 37.4 Å². The van der Waals surface area contributed by atoms with Crippen LogP contribution in [0.5, 0.6) is 0 Å². The van der Waals surface area contributed by atoms with E-state index in [2.05, 4.69) is 54.5 Å². The Morgan fingerprint density at radius 2 is 1.28 bits per heavy atom. The van der Waals surface area contributed by atoms with Crippen molar-refractivity contribution in [1.82, 2.24) is 0 Å². The van der Waals surface area contributed by atoms with Crippen molar-refractivity contribution in [2.24, 2.45) is 56.7 Å². The topological polar surface area (TPSA) is 334 Å². The summed E-state index contributed by atoms with van der Waals surface area (Å²) in [6.45, 7) is 16.1. The quantitative estimate of drug-likeness (QED) is 0.0745. The lowest BCUT2D eigenvalue weighted by atomic mass is 9.33. The Kier molecular flexibility index (Phi) is 16.1. The van der Waals surface area contributed by atoms with Gasteiger partial charge in [0.1, 0.15) is 85.5 Å². The smallest absolute Gasteiger partial charge is 0.315 e. The minimum Gasteiger partial charge on any atom is -0.432 e. The Morgan fingerprint density at radius 3 is 1.99 bits per heavy atom. The van der Waals surface area contributed by atoms with E-state index < -0.39 is 141 Å². The summed E-state index contributed by atoms with van der Waals surface area (Å²) < 4.78 is 47.1. The van der Waals surface area contributed by atoms with E-state index >= 15 is 4.79 Å². The van der Waals surface area contributed by atoms with E-state index in [1.807, 2.05) is 0 Å². The zero-order valence-corrected chi connectivity index (χ0v) is 44.0. The maximum atomic E-state index is 15.1. The molecule has 5 aliphatic carbocycles. The van der Waals surface area contributed by atoms with Crippen molar-refractivity contribution >= 4 is 5.97 Å². The van der Waals surface area contributed by atoms with Gasteiger partial charge in [-0.1, -0.05) is 60.1 Å². The Bertz CT molecular complexity index is 2030. The molecule has 4 saturated heterocycles. The third kappa shape index (κ3) is 9.08. The Morgan fingerprint density at radius 1 is 0.635 bits per heavy atom. The Hall–Kier alpha value is -1.55. The molecule has 29 atom stereocenters. The van der Waals surface area contributed by atoms with E-state index in [0.29, 0.717) is 25.2 Å². The molecular weight excluding hydrogens is 973 g/mol. The standard InChI is InChI=1S/C53H86O21/c1-22-11-16-53(48(66)74-47-41(64)37(60)35(58)28(71-47)21-68-44-42(65)38(61)43(27(19-54)70-44)73-46-40(63)36(59)33(56)24(3)69-46)18-17-51(7)25(32(53)23(22)2)9-10-30-50(6)14-13-31(49(4,5)29(50)12-15-52(30,51)8)72-45-39(62)34(57)26(55)20-67-45/h9,22-24,26-47,54-65H,10-21H2,1-8H3. The third-order valence-electron chi connectivity index (χ3n) is 21.3. The number of allylic oxidation sites excluding steroid dienone is 2. The van der Waals surface area contributed by atoms with Gasteiger partial charge in [-0.3, -0.25) is 4.79 Å². The second-order valence-corrected chi connectivity index (χ2v) is 25.3. The van der Waals surface area contributed by atoms with Crippen LogP contribution in [-0.2, 0) is 42.7 Å². The van der Waals surface area contributed by atoms with Crippen LogP contribution in [0.3, 0.4) is 0 Å². The Balaban J connectivity index is 0.893. The minimum absolute atomic E-state index is 0.0781. The second kappa shape index (κ2) is 20.8. The molecule has 4 heterocycles. The molecule has 29 unspecified atom stereocenters. The maximum absolute atomic E-state index is 15.1. The van der Waals surface area contributed by atoms with Crippen LogP contribution in [0, 0.1) is 56.7 Å². The molecule has 424 valence electrons. The molecule has 21 heteroatoms. The fourth-order valence-electron chi connectivity index (χ4n) is 16.3. The van der Waals surface area contributed by atoms with Crippen LogP contribution in [0.2, 0.25) is 0 Å². The summed E-state index contributed by atoms with van der Waals surface area (Å²) >= 11 is 0. The number of fused-ring (bicyclic) bond motifs is 7. The summed E-state index contributed by atoms with van der Waals surface area (Å²) in [6, 6.07) is 0. The van der Waals surface area contributed by atoms with Crippen molar-refractivity contribution in [3.63, 3.8) is 0 Å². The molecule has 9 aliphatic rings. The molecular formula is C53H86O21. The molecule has 0 bridgehead atoms. The van der Waals surface area contributed by atoms with Crippen molar-refractivity contribution in [3.05, 3.63) is 11.6 Å². The molecule has 12 N–H and O–H groups in total. The van der Waals surface area contributed by atoms with Crippen LogP contribution in [-0.4, -0.2) is 210 Å². The first-order valence-electron chi connectivity index (χ1n) is 27.2. The number of esters is 1. The summed E-state index contributed by atoms with van der Waals surface area (Å²) in [4.78, 5) is 15.1. The van der Waals surface area contributed by atoms with Gasteiger partial charge in [-0.15, -0.1) is 0 Å². The van der Waals surface area contributed by atoms with Crippen LogP contribution in [0.4, 0.5) is 0 Å². The maximum Gasteiger partial charge on any atom is 0.315 e. The first kappa shape index (κ1) is 57.1. The minimum atomic E-state index is -1.86. The van der Waals surface area contributed by atoms with E-state index in [-0.39, 0.29) is 58.0 Å². The Labute approximate surface area is 433 Å². The van der Waals surface area contributed by atoms with E-state index in [4.69, 9.17) is 37.9 Å². The molecule has 9 rings (SSSR count). The number of hydrogen-bond acceptors (Lipinski definition) is 21. The van der Waals surface area contributed by atoms with Crippen molar-refractivity contribution < 1.29 is 104 Å². The fraction of sp³-hybridized carbons (Fsp3) is 0.943. The molecule has 8 fully saturated rings. The summed E-state index contributed by atoms with van der Waals surface area (Å²) in [5.74, 6) is 0.164. The molecule has 0 aromatic carbocycles. The molecule has 4 saturated carbocycles. The van der Waals surface area contributed by atoms with Crippen LogP contribution in [0.1, 0.15) is 113 Å². The predicted molar refractivity (Wildman–Crippen MR) is 255 cm³/mol. The molecule has 21 nitrogen and oxygen atoms in total. The lowest BCUT2D eigenvalue weighted by molar-refractivity contribution is -0.361. The summed E-state index contributed by atoms with van der Waals surface area (Å²) in [7, 11) is 0. The second-order valence-electron chi connectivity index (χ2n) is 25.3. The van der Waals surface area contributed by atoms with Crippen LogP contribution < -0.4 is 0 Å². The molecule has 4 aliphatic heterocycles. The monoisotopic (exact) mass is 1060 g/mol. The van der Waals surface area contributed by atoms with Crippen molar-refractivity contribution in [2.45, 2.75) is 236 Å². The SMILES string of the molecule is CC1CCC2(C(=O)OC3OC(COC4OC(CO)C(OC5OC(C)C(O)C(O)C5O)C(O)C4O)C(O)C(O)C3O)CCC3(C)C(=CCC4C5(C)CCC(OC6OCC(O)C(O)C6O)C(C)(C)C5CCC43C)C2C1C. The highest BCUT2D eigenvalue weighted by Gasteiger charge is 2.70. The van der Waals surface area contributed by atoms with Crippen molar-refractivity contribution in [1.29, 1.82) is 0 Å². The molecule has 0 amide bonds. The van der Waals surface area contributed by atoms with Gasteiger partial charge in [-0.25, -0.2) is 0 Å². The van der Waals surface area contributed by atoms with Crippen molar-refractivity contribution in [3.8, 4) is 0 Å². The third-order valence-corrected chi connectivity index (χ3v) is 21.3. The first-order valence-corrected chi connectivity index (χ1v) is 27.2. The highest BCUT2D eigenvalue weighted by Crippen LogP contribution is 2.76. The van der Waals surface area contributed by atoms with Gasteiger partial charge in [-0.2, -0.15) is 0 Å². The summed E-state index contributed by atoms with van der Waals surface area (Å²) in [5, 5.41) is 128. The van der Waals surface area contributed by atoms with E-state index in [1.165, 1.54) is 12.5 Å². The molecule has 0 aromatic heterocycles. The van der Waals surface area contributed by atoms with E-state index in [0.717, 1.165) is 38.5 Å². The summed E-state index contributed by atoms with van der Waals surface area (Å²) in [6.07, 6.45) is -20.3. The van der Waals surface area contributed by atoms with Crippen LogP contribution in [0.25, 0.3) is 0 Å². The normalized spacial score (nSPS) is 55.4. The van der Waals surface area contributed by atoms with Gasteiger partial charge in [0.15, 0.2) is 18.9 Å². The zero-order valence-electron chi connectivity index (χ0n) is 44.0. The first-order chi connectivity index (χ1) is 34.7. The average molecular weight is 1060 g/mol. The highest BCUT2D eigenvalue weighted by atomic mass is 16.8. The van der Waals surface area contributed by atoms with Gasteiger partial charge >= 0.3 is 5.97 Å². The molecule has 0 spiro atoms. The lowest BCUT2D eigenvalue weighted by Crippen LogP contribution is -2.66. The lowest BCUT2D eigenvalue weighted by Gasteiger charge is -2.71. The molecule has 0 radical (unpaired) electrons. The van der Waals surface area contributed by atoms with Crippen LogP contribution >= 0.6 is 0 Å². The van der Waals surface area contributed by atoms with E-state index in [9.17, 15) is 61.3 Å². The number of ether oxygens (including phenoxy) is 8. The van der Waals surface area contributed by atoms with Gasteiger partial charge < -0.3 is 99.2 Å². The van der Waals surface area contributed by atoms with Crippen LogP contribution in [0.15, 0.2) is 11.6 Å². The zero-order chi connectivity index (χ0) is 53.9. The fourth-order valence-corrected chi connectivity index (χ4v) is 16.3. The molecule has 0 aromatic rings. The molecule has 74 heavy (non-hydrogen) atoms. The van der Waals surface area contributed by atoms with Crippen molar-refractivity contribution in [2.75, 3.05) is 19.8 Å². The highest BCUT2D eigenvalue weighted by molar-refractivity contribution is 5.79. The number of hydrogen-bond donors (Lipinski definition) is 12. The van der Waals surface area contributed by atoms with Gasteiger partial charge in [-0.05, 0) is 116 Å². The predicted octanol–water partition coefficient (Wildman–Crippen LogP) is -0.513. The number of carbonyl (C=O) groups excluding carboxylic acids is 1.